The summed E-state index contributed by atoms with van der Waals surface area (Å²) in [4.78, 5) is 21.6. The first kappa shape index (κ1) is 15.4. The lowest BCUT2D eigenvalue weighted by Gasteiger charge is -2.20. The number of hydrogen-bond acceptors (Lipinski definition) is 2. The third-order valence-electron chi connectivity index (χ3n) is 1.92. The van der Waals surface area contributed by atoms with Gasteiger partial charge < -0.3 is 11.1 Å². The summed E-state index contributed by atoms with van der Waals surface area (Å²) in [6.07, 6.45) is 0.734. The van der Waals surface area contributed by atoms with Crippen molar-refractivity contribution in [1.29, 1.82) is 0 Å². The van der Waals surface area contributed by atoms with Gasteiger partial charge in [0, 0.05) is 5.41 Å². The largest absolute Gasteiger partial charge is 0.368 e. The monoisotopic (exact) mass is 202 g/mol. The van der Waals surface area contributed by atoms with E-state index in [-0.39, 0.29) is 12.5 Å². The molecule has 84 valence electrons. The fourth-order valence-electron chi connectivity index (χ4n) is 0.567. The van der Waals surface area contributed by atoms with Crippen molar-refractivity contribution in [3.63, 3.8) is 0 Å². The van der Waals surface area contributed by atoms with Crippen LogP contribution < -0.4 is 11.1 Å². The Labute approximate surface area is 86.2 Å². The smallest absolute Gasteiger partial charge is 0.236 e. The van der Waals surface area contributed by atoms with E-state index in [9.17, 15) is 9.59 Å². The maximum Gasteiger partial charge on any atom is 0.236 e. The topological polar surface area (TPSA) is 72.2 Å². The molecule has 0 atom stereocenters. The summed E-state index contributed by atoms with van der Waals surface area (Å²) in [5.41, 5.74) is 4.45. The molecule has 2 amide bonds. The van der Waals surface area contributed by atoms with Gasteiger partial charge in [-0.1, -0.05) is 34.6 Å². The molecule has 0 rings (SSSR count). The van der Waals surface area contributed by atoms with E-state index >= 15 is 0 Å². The molecule has 0 aliphatic heterocycles. The summed E-state index contributed by atoms with van der Waals surface area (Å²) < 4.78 is 0. The molecule has 0 heterocycles. The highest BCUT2D eigenvalue weighted by atomic mass is 16.2. The van der Waals surface area contributed by atoms with Crippen molar-refractivity contribution in [3.05, 3.63) is 0 Å². The number of nitrogens with two attached hydrogens (primary N) is 1. The van der Waals surface area contributed by atoms with Crippen molar-refractivity contribution in [1.82, 2.24) is 5.32 Å². The van der Waals surface area contributed by atoms with Crippen molar-refractivity contribution in [2.75, 3.05) is 6.54 Å². The summed E-state index contributed by atoms with van der Waals surface area (Å²) in [6, 6.07) is 0. The zero-order valence-electron chi connectivity index (χ0n) is 9.81. The third-order valence-corrected chi connectivity index (χ3v) is 1.92. The second kappa shape index (κ2) is 7.35. The minimum absolute atomic E-state index is 0.0811. The van der Waals surface area contributed by atoms with Crippen LogP contribution in [0.5, 0.6) is 0 Å². The Hall–Kier alpha value is -1.06. The first-order valence-electron chi connectivity index (χ1n) is 4.96. The second-order valence-electron chi connectivity index (χ2n) is 3.39. The van der Waals surface area contributed by atoms with Crippen molar-refractivity contribution in [2.45, 2.75) is 41.0 Å². The molecule has 14 heavy (non-hydrogen) atoms. The van der Waals surface area contributed by atoms with E-state index in [4.69, 9.17) is 5.73 Å². The molecule has 0 fully saturated rings. The summed E-state index contributed by atoms with van der Waals surface area (Å²) in [6.45, 7) is 9.48. The Balaban J connectivity index is 0. The molecular formula is C10H22N2O2. The van der Waals surface area contributed by atoms with Gasteiger partial charge in [-0.15, -0.1) is 0 Å². The van der Waals surface area contributed by atoms with Crippen LogP contribution in [-0.4, -0.2) is 18.4 Å². The van der Waals surface area contributed by atoms with Gasteiger partial charge in [-0.25, -0.2) is 0 Å². The van der Waals surface area contributed by atoms with Crippen LogP contribution >= 0.6 is 0 Å². The van der Waals surface area contributed by atoms with Crippen LogP contribution in [0, 0.1) is 5.41 Å². The highest BCUT2D eigenvalue weighted by Gasteiger charge is 2.24. The SMILES string of the molecule is CC.CCC(C)(C)C(=O)NCC(N)=O. The Bertz CT molecular complexity index is 189. The van der Waals surface area contributed by atoms with Crippen LogP contribution in [0.2, 0.25) is 0 Å². The number of carbonyl (C=O) groups excluding carboxylic acids is 2. The van der Waals surface area contributed by atoms with Crippen molar-refractivity contribution in [2.24, 2.45) is 11.1 Å². The van der Waals surface area contributed by atoms with Gasteiger partial charge >= 0.3 is 0 Å². The third kappa shape index (κ3) is 6.46. The molecule has 0 radical (unpaired) electrons. The lowest BCUT2D eigenvalue weighted by Crippen LogP contribution is -2.40. The molecule has 0 aromatic rings. The van der Waals surface area contributed by atoms with Crippen LogP contribution in [-0.2, 0) is 9.59 Å². The fourth-order valence-corrected chi connectivity index (χ4v) is 0.567. The molecule has 0 aromatic carbocycles. The van der Waals surface area contributed by atoms with Gasteiger partial charge in [0.05, 0.1) is 6.54 Å². The fraction of sp³-hybridized carbons (Fsp3) is 0.800. The summed E-state index contributed by atoms with van der Waals surface area (Å²) in [5, 5.41) is 2.46. The predicted molar refractivity (Wildman–Crippen MR) is 57.6 cm³/mol. The molecule has 0 aliphatic rings. The molecule has 0 unspecified atom stereocenters. The number of rotatable bonds is 4. The normalized spacial score (nSPS) is 9.79. The number of carbonyl (C=O) groups is 2. The molecule has 0 saturated heterocycles. The van der Waals surface area contributed by atoms with Gasteiger partial charge in [0.2, 0.25) is 11.8 Å². The molecule has 4 nitrogen and oxygen atoms in total. The maximum atomic E-state index is 11.3. The molecule has 0 bridgehead atoms. The van der Waals surface area contributed by atoms with Gasteiger partial charge in [-0.05, 0) is 6.42 Å². The van der Waals surface area contributed by atoms with Gasteiger partial charge in [-0.3, -0.25) is 9.59 Å². The van der Waals surface area contributed by atoms with Crippen LogP contribution in [0.1, 0.15) is 41.0 Å². The average Bonchev–Trinajstić information content (AvgIpc) is 2.17. The van der Waals surface area contributed by atoms with E-state index in [2.05, 4.69) is 5.32 Å². The molecule has 0 spiro atoms. The van der Waals surface area contributed by atoms with Gasteiger partial charge in [0.25, 0.3) is 0 Å². The maximum absolute atomic E-state index is 11.3. The van der Waals surface area contributed by atoms with E-state index in [0.29, 0.717) is 0 Å². The first-order valence-corrected chi connectivity index (χ1v) is 4.96. The van der Waals surface area contributed by atoms with Gasteiger partial charge in [0.15, 0.2) is 0 Å². The van der Waals surface area contributed by atoms with Crippen LogP contribution in [0.25, 0.3) is 0 Å². The molecule has 3 N–H and O–H groups in total. The highest BCUT2D eigenvalue weighted by molar-refractivity contribution is 5.86. The van der Waals surface area contributed by atoms with Crippen LogP contribution in [0.15, 0.2) is 0 Å². The van der Waals surface area contributed by atoms with E-state index in [1.807, 2.05) is 34.6 Å². The second-order valence-corrected chi connectivity index (χ2v) is 3.39. The van der Waals surface area contributed by atoms with Gasteiger partial charge in [0.1, 0.15) is 0 Å². The standard InChI is InChI=1S/C8H16N2O2.C2H6/c1-4-8(2,3)7(12)10-5-6(9)11;1-2/h4-5H2,1-3H3,(H2,9,11)(H,10,12);1-2H3. The Morgan fingerprint density at radius 3 is 2.00 bits per heavy atom. The zero-order chi connectivity index (χ0) is 11.8. The number of nitrogens with one attached hydrogen (secondary N) is 1. The zero-order valence-corrected chi connectivity index (χ0v) is 9.81. The molecule has 0 aliphatic carbocycles. The molecule has 0 saturated carbocycles. The van der Waals surface area contributed by atoms with Crippen LogP contribution in [0.4, 0.5) is 0 Å². The molecular weight excluding hydrogens is 180 g/mol. The Kier molecular flexibility index (Phi) is 8.10. The quantitative estimate of drug-likeness (QED) is 0.715. The van der Waals surface area contributed by atoms with E-state index in [1.54, 1.807) is 0 Å². The van der Waals surface area contributed by atoms with Gasteiger partial charge in [-0.2, -0.15) is 0 Å². The predicted octanol–water partition coefficient (Wildman–Crippen LogP) is 1.05. The van der Waals surface area contributed by atoms with E-state index in [0.717, 1.165) is 6.42 Å². The van der Waals surface area contributed by atoms with Crippen molar-refractivity contribution < 1.29 is 9.59 Å². The number of hydrogen-bond donors (Lipinski definition) is 2. The average molecular weight is 202 g/mol. The minimum atomic E-state index is -0.518. The van der Waals surface area contributed by atoms with Crippen molar-refractivity contribution >= 4 is 11.8 Å². The number of amides is 2. The Morgan fingerprint density at radius 1 is 1.29 bits per heavy atom. The lowest BCUT2D eigenvalue weighted by molar-refractivity contribution is -0.131. The highest BCUT2D eigenvalue weighted by Crippen LogP contribution is 2.18. The van der Waals surface area contributed by atoms with Crippen LogP contribution in [0.3, 0.4) is 0 Å². The molecule has 4 heteroatoms. The first-order chi connectivity index (χ1) is 6.40. The lowest BCUT2D eigenvalue weighted by atomic mass is 9.89. The van der Waals surface area contributed by atoms with E-state index < -0.39 is 11.3 Å². The van der Waals surface area contributed by atoms with E-state index in [1.165, 1.54) is 0 Å². The van der Waals surface area contributed by atoms with Crippen molar-refractivity contribution in [3.8, 4) is 0 Å². The Morgan fingerprint density at radius 2 is 1.71 bits per heavy atom. The summed E-state index contributed by atoms with van der Waals surface area (Å²) >= 11 is 0. The molecule has 0 aromatic heterocycles. The summed E-state index contributed by atoms with van der Waals surface area (Å²) in [5.74, 6) is -0.654. The minimum Gasteiger partial charge on any atom is -0.368 e. The number of primary amides is 1. The summed E-state index contributed by atoms with van der Waals surface area (Å²) in [7, 11) is 0.